The van der Waals surface area contributed by atoms with Crippen LogP contribution in [0.1, 0.15) is 10.4 Å². The van der Waals surface area contributed by atoms with Crippen molar-refractivity contribution in [2.24, 2.45) is 0 Å². The van der Waals surface area contributed by atoms with Crippen molar-refractivity contribution in [2.45, 2.75) is 5.76 Å². The van der Waals surface area contributed by atoms with Gasteiger partial charge in [-0.1, -0.05) is 0 Å². The number of hydrogen-bond acceptors (Lipinski definition) is 4. The van der Waals surface area contributed by atoms with Gasteiger partial charge >= 0.3 is 11.7 Å². The fourth-order valence-electron chi connectivity index (χ4n) is 0.810. The Morgan fingerprint density at radius 1 is 1.50 bits per heavy atom. The molecule has 0 bridgehead atoms. The second kappa shape index (κ2) is 4.39. The van der Waals surface area contributed by atoms with Crippen LogP contribution < -0.4 is 4.72 Å². The van der Waals surface area contributed by atoms with E-state index in [-0.39, 0.29) is 5.56 Å². The number of hydrogen-bond donors (Lipinski definition) is 2. The highest BCUT2D eigenvalue weighted by Gasteiger charge is 2.24. The molecule has 0 fully saturated rings. The first-order chi connectivity index (χ1) is 7.33. The van der Waals surface area contributed by atoms with Crippen LogP contribution in [0.2, 0.25) is 0 Å². The number of carboxylic acid groups (broad SMARTS) is 1. The van der Waals surface area contributed by atoms with Crippen molar-refractivity contribution in [1.82, 2.24) is 4.98 Å². The highest BCUT2D eigenvalue weighted by molar-refractivity contribution is 7.92. The standard InChI is InChI=1S/C7H6F2N2O4S/c8-7(9)16(14,15)11-5-3-4(6(12)13)1-2-10-5/h1-3,7H,(H,10,11)(H,12,13). The van der Waals surface area contributed by atoms with E-state index in [1.165, 1.54) is 4.72 Å². The highest BCUT2D eigenvalue weighted by atomic mass is 32.2. The van der Waals surface area contributed by atoms with Crippen LogP contribution in [0.4, 0.5) is 14.6 Å². The van der Waals surface area contributed by atoms with Crippen LogP contribution in [-0.4, -0.2) is 30.2 Å². The third-order valence-electron chi connectivity index (χ3n) is 1.49. The summed E-state index contributed by atoms with van der Waals surface area (Å²) in [6.45, 7) is 0. The molecule has 0 spiro atoms. The Bertz CT molecular complexity index is 503. The zero-order valence-corrected chi connectivity index (χ0v) is 8.41. The zero-order valence-electron chi connectivity index (χ0n) is 7.59. The third-order valence-corrected chi connectivity index (χ3v) is 2.45. The maximum atomic E-state index is 12.0. The van der Waals surface area contributed by atoms with Gasteiger partial charge in [0, 0.05) is 6.20 Å². The Morgan fingerprint density at radius 2 is 2.12 bits per heavy atom. The average molecular weight is 252 g/mol. The molecule has 0 saturated heterocycles. The Labute approximate surface area is 89.0 Å². The second-order valence-electron chi connectivity index (χ2n) is 2.64. The van der Waals surface area contributed by atoms with E-state index in [9.17, 15) is 22.0 Å². The Kier molecular flexibility index (Phi) is 3.38. The number of halogens is 2. The lowest BCUT2D eigenvalue weighted by atomic mass is 10.3. The predicted molar refractivity (Wildman–Crippen MR) is 49.7 cm³/mol. The van der Waals surface area contributed by atoms with E-state index < -0.39 is 27.6 Å². The highest BCUT2D eigenvalue weighted by Crippen LogP contribution is 2.12. The van der Waals surface area contributed by atoms with Crippen LogP contribution in [0.5, 0.6) is 0 Å². The number of nitrogens with zero attached hydrogens (tertiary/aromatic N) is 1. The molecule has 0 atom stereocenters. The van der Waals surface area contributed by atoms with Crippen molar-refractivity contribution >= 4 is 21.8 Å². The summed E-state index contributed by atoms with van der Waals surface area (Å²) in [5, 5.41) is 8.56. The zero-order chi connectivity index (χ0) is 12.3. The molecular weight excluding hydrogens is 246 g/mol. The molecule has 0 radical (unpaired) electrons. The fraction of sp³-hybridized carbons (Fsp3) is 0.143. The van der Waals surface area contributed by atoms with Crippen LogP contribution in [0.3, 0.4) is 0 Å². The van der Waals surface area contributed by atoms with Gasteiger partial charge in [0.15, 0.2) is 0 Å². The topological polar surface area (TPSA) is 96.4 Å². The van der Waals surface area contributed by atoms with Crippen molar-refractivity contribution in [2.75, 3.05) is 4.72 Å². The maximum absolute atomic E-state index is 12.0. The van der Waals surface area contributed by atoms with Crippen LogP contribution in [0.25, 0.3) is 0 Å². The second-order valence-corrected chi connectivity index (χ2v) is 4.29. The van der Waals surface area contributed by atoms with E-state index in [0.29, 0.717) is 0 Å². The molecule has 16 heavy (non-hydrogen) atoms. The van der Waals surface area contributed by atoms with Crippen molar-refractivity contribution < 1.29 is 27.1 Å². The predicted octanol–water partition coefficient (Wildman–Crippen LogP) is 0.744. The van der Waals surface area contributed by atoms with Crippen molar-refractivity contribution in [1.29, 1.82) is 0 Å². The van der Waals surface area contributed by atoms with Gasteiger partial charge in [0.2, 0.25) is 0 Å². The molecule has 0 aliphatic heterocycles. The number of nitrogens with one attached hydrogen (secondary N) is 1. The smallest absolute Gasteiger partial charge is 0.355 e. The molecule has 0 saturated carbocycles. The molecule has 88 valence electrons. The van der Waals surface area contributed by atoms with Crippen LogP contribution in [0.15, 0.2) is 18.3 Å². The van der Waals surface area contributed by atoms with E-state index in [0.717, 1.165) is 18.3 Å². The molecule has 1 aromatic heterocycles. The molecule has 0 aliphatic carbocycles. The number of aromatic carboxylic acids is 1. The number of anilines is 1. The number of aromatic nitrogens is 1. The van der Waals surface area contributed by atoms with Gasteiger partial charge < -0.3 is 5.11 Å². The third kappa shape index (κ3) is 2.86. The maximum Gasteiger partial charge on any atom is 0.355 e. The minimum Gasteiger partial charge on any atom is -0.478 e. The first-order valence-electron chi connectivity index (χ1n) is 3.82. The summed E-state index contributed by atoms with van der Waals surface area (Å²) in [7, 11) is -4.83. The number of carboxylic acids is 1. The lowest BCUT2D eigenvalue weighted by Gasteiger charge is -2.05. The van der Waals surface area contributed by atoms with Gasteiger partial charge in [-0.2, -0.15) is 8.78 Å². The molecule has 9 heteroatoms. The monoisotopic (exact) mass is 252 g/mol. The fourth-order valence-corrected chi connectivity index (χ4v) is 1.30. The van der Waals surface area contributed by atoms with Crippen molar-refractivity contribution in [3.63, 3.8) is 0 Å². The van der Waals surface area contributed by atoms with Crippen molar-refractivity contribution in [3.05, 3.63) is 23.9 Å². The SMILES string of the molecule is O=C(O)c1ccnc(NS(=O)(=O)C(F)F)c1. The van der Waals surface area contributed by atoms with E-state index in [1.807, 2.05) is 0 Å². The number of alkyl halides is 2. The Hall–Kier alpha value is -1.77. The Balaban J connectivity index is 2.99. The lowest BCUT2D eigenvalue weighted by molar-refractivity contribution is 0.0697. The van der Waals surface area contributed by atoms with E-state index >= 15 is 0 Å². The molecule has 0 amide bonds. The largest absolute Gasteiger partial charge is 0.478 e. The summed E-state index contributed by atoms with van der Waals surface area (Å²) in [6, 6.07) is 1.94. The normalized spacial score (nSPS) is 11.4. The average Bonchev–Trinajstić information content (AvgIpc) is 2.17. The summed E-state index contributed by atoms with van der Waals surface area (Å²) in [5.74, 6) is -5.40. The van der Waals surface area contributed by atoms with E-state index in [1.54, 1.807) is 0 Å². The molecule has 1 aromatic rings. The molecule has 0 aromatic carbocycles. The molecule has 2 N–H and O–H groups in total. The minimum absolute atomic E-state index is 0.262. The molecule has 6 nitrogen and oxygen atoms in total. The van der Waals surface area contributed by atoms with Gasteiger partial charge in [-0.15, -0.1) is 0 Å². The van der Waals surface area contributed by atoms with Gasteiger partial charge in [-0.05, 0) is 12.1 Å². The lowest BCUT2D eigenvalue weighted by Crippen LogP contribution is -2.21. The quantitative estimate of drug-likeness (QED) is 0.824. The molecular formula is C7H6F2N2O4S. The summed E-state index contributed by atoms with van der Waals surface area (Å²) in [4.78, 5) is 13.9. The number of carbonyl (C=O) groups is 1. The Morgan fingerprint density at radius 3 is 2.62 bits per heavy atom. The number of sulfonamides is 1. The summed E-state index contributed by atoms with van der Waals surface area (Å²) < 4.78 is 46.9. The summed E-state index contributed by atoms with van der Waals surface area (Å²) in [6.07, 6.45) is 0.993. The van der Waals surface area contributed by atoms with Crippen LogP contribution in [0, 0.1) is 0 Å². The number of rotatable bonds is 4. The van der Waals surface area contributed by atoms with E-state index in [4.69, 9.17) is 5.11 Å². The van der Waals surface area contributed by atoms with Gasteiger partial charge in [0.1, 0.15) is 5.82 Å². The van der Waals surface area contributed by atoms with Crippen LogP contribution >= 0.6 is 0 Å². The molecule has 0 unspecified atom stereocenters. The minimum atomic E-state index is -4.83. The first kappa shape index (κ1) is 12.3. The van der Waals surface area contributed by atoms with Gasteiger partial charge in [0.05, 0.1) is 5.56 Å². The van der Waals surface area contributed by atoms with Gasteiger partial charge in [-0.25, -0.2) is 18.2 Å². The van der Waals surface area contributed by atoms with Gasteiger partial charge in [-0.3, -0.25) is 4.72 Å². The molecule has 1 rings (SSSR count). The summed E-state index contributed by atoms with van der Waals surface area (Å²) >= 11 is 0. The van der Waals surface area contributed by atoms with Crippen LogP contribution in [-0.2, 0) is 10.0 Å². The summed E-state index contributed by atoms with van der Waals surface area (Å²) in [5.41, 5.74) is -0.262. The first-order valence-corrected chi connectivity index (χ1v) is 5.36. The molecule has 1 heterocycles. The number of pyridine rings is 1. The molecule has 0 aliphatic rings. The van der Waals surface area contributed by atoms with E-state index in [2.05, 4.69) is 4.98 Å². The van der Waals surface area contributed by atoms with Crippen molar-refractivity contribution in [3.8, 4) is 0 Å². The van der Waals surface area contributed by atoms with Gasteiger partial charge in [0.25, 0.3) is 10.0 Å².